The van der Waals surface area contributed by atoms with Gasteiger partial charge in [0.15, 0.2) is 0 Å². The second kappa shape index (κ2) is 6.27. The molecule has 0 aliphatic heterocycles. The lowest BCUT2D eigenvalue weighted by atomic mass is 10.1. The molecule has 0 saturated heterocycles. The maximum Gasteiger partial charge on any atom is 0.0663 e. The second-order valence-electron chi connectivity index (χ2n) is 3.51. The fourth-order valence-electron chi connectivity index (χ4n) is 1.42. The molecule has 0 radical (unpaired) electrons. The largest absolute Gasteiger partial charge is 0.329 e. The Bertz CT molecular complexity index is 400. The minimum Gasteiger partial charge on any atom is -0.329 e. The van der Waals surface area contributed by atoms with Gasteiger partial charge in [0.1, 0.15) is 0 Å². The highest BCUT2D eigenvalue weighted by atomic mass is 79.9. The first-order chi connectivity index (χ1) is 7.58. The van der Waals surface area contributed by atoms with E-state index < -0.39 is 0 Å². The van der Waals surface area contributed by atoms with E-state index in [1.54, 1.807) is 0 Å². The quantitative estimate of drug-likeness (QED) is 0.839. The van der Waals surface area contributed by atoms with E-state index >= 15 is 0 Å². The Balaban J connectivity index is 2.91. The van der Waals surface area contributed by atoms with Crippen LogP contribution >= 0.6 is 27.5 Å². The van der Waals surface area contributed by atoms with Crippen LogP contribution in [0.5, 0.6) is 0 Å². The van der Waals surface area contributed by atoms with E-state index in [1.807, 2.05) is 25.1 Å². The van der Waals surface area contributed by atoms with Crippen molar-refractivity contribution in [1.29, 1.82) is 0 Å². The van der Waals surface area contributed by atoms with Gasteiger partial charge in [0, 0.05) is 22.1 Å². The summed E-state index contributed by atoms with van der Waals surface area (Å²) in [5.41, 5.74) is 6.68. The molecule has 1 aromatic rings. The van der Waals surface area contributed by atoms with Crippen LogP contribution in [0.1, 0.15) is 18.5 Å². The SMILES string of the molecule is C#CC(C)NC(CN)c1ccc(Br)cc1Cl. The molecule has 0 spiro atoms. The van der Waals surface area contributed by atoms with Gasteiger partial charge in [-0.05, 0) is 24.6 Å². The fraction of sp³-hybridized carbons (Fsp3) is 0.333. The predicted octanol–water partition coefficient (Wildman–Crippen LogP) is 2.71. The molecule has 0 aliphatic rings. The van der Waals surface area contributed by atoms with Gasteiger partial charge in [-0.3, -0.25) is 5.32 Å². The lowest BCUT2D eigenvalue weighted by molar-refractivity contribution is 0.518. The molecule has 1 rings (SSSR count). The zero-order chi connectivity index (χ0) is 12.1. The van der Waals surface area contributed by atoms with Gasteiger partial charge in [0.2, 0.25) is 0 Å². The van der Waals surface area contributed by atoms with Crippen LogP contribution < -0.4 is 11.1 Å². The molecule has 16 heavy (non-hydrogen) atoms. The van der Waals surface area contributed by atoms with Crippen molar-refractivity contribution in [3.8, 4) is 12.3 Å². The number of rotatable bonds is 4. The summed E-state index contributed by atoms with van der Waals surface area (Å²) in [5, 5.41) is 3.91. The molecule has 4 heteroatoms. The molecule has 2 nitrogen and oxygen atoms in total. The standard InChI is InChI=1S/C12H14BrClN2/c1-3-8(2)16-12(7-15)10-5-4-9(13)6-11(10)14/h1,4-6,8,12,16H,7,15H2,2H3. The lowest BCUT2D eigenvalue weighted by Crippen LogP contribution is -2.34. The molecule has 3 N–H and O–H groups in total. The van der Waals surface area contributed by atoms with Crippen molar-refractivity contribution in [2.75, 3.05) is 6.54 Å². The third kappa shape index (κ3) is 3.50. The maximum atomic E-state index is 6.15. The molecule has 0 bridgehead atoms. The van der Waals surface area contributed by atoms with Crippen molar-refractivity contribution in [2.45, 2.75) is 19.0 Å². The third-order valence-corrected chi connectivity index (χ3v) is 3.10. The van der Waals surface area contributed by atoms with Crippen LogP contribution in [0.15, 0.2) is 22.7 Å². The minimum absolute atomic E-state index is 0.0216. The van der Waals surface area contributed by atoms with Crippen LogP contribution in [0.4, 0.5) is 0 Å². The zero-order valence-electron chi connectivity index (χ0n) is 9.00. The van der Waals surface area contributed by atoms with Gasteiger partial charge in [-0.25, -0.2) is 0 Å². The average molecular weight is 302 g/mol. The Morgan fingerprint density at radius 1 is 1.62 bits per heavy atom. The van der Waals surface area contributed by atoms with E-state index in [9.17, 15) is 0 Å². The van der Waals surface area contributed by atoms with Gasteiger partial charge in [-0.1, -0.05) is 39.5 Å². The maximum absolute atomic E-state index is 6.15. The van der Waals surface area contributed by atoms with Crippen LogP contribution in [0.25, 0.3) is 0 Å². The molecule has 0 aliphatic carbocycles. The van der Waals surface area contributed by atoms with Gasteiger partial charge in [-0.2, -0.15) is 0 Å². The van der Waals surface area contributed by atoms with Crippen LogP contribution in [0.2, 0.25) is 5.02 Å². The molecule has 1 aromatic carbocycles. The van der Waals surface area contributed by atoms with Crippen molar-refractivity contribution < 1.29 is 0 Å². The van der Waals surface area contributed by atoms with Crippen molar-refractivity contribution in [3.05, 3.63) is 33.3 Å². The molecule has 2 unspecified atom stereocenters. The van der Waals surface area contributed by atoms with E-state index in [-0.39, 0.29) is 12.1 Å². The van der Waals surface area contributed by atoms with Gasteiger partial charge in [0.25, 0.3) is 0 Å². The lowest BCUT2D eigenvalue weighted by Gasteiger charge is -2.20. The highest BCUT2D eigenvalue weighted by molar-refractivity contribution is 9.10. The molecule has 2 atom stereocenters. The predicted molar refractivity (Wildman–Crippen MR) is 72.4 cm³/mol. The summed E-state index contributed by atoms with van der Waals surface area (Å²) in [4.78, 5) is 0. The van der Waals surface area contributed by atoms with Crippen LogP contribution in [-0.2, 0) is 0 Å². The Morgan fingerprint density at radius 2 is 2.31 bits per heavy atom. The van der Waals surface area contributed by atoms with E-state index in [0.717, 1.165) is 10.0 Å². The first-order valence-electron chi connectivity index (χ1n) is 4.95. The molecule has 0 saturated carbocycles. The third-order valence-electron chi connectivity index (χ3n) is 2.27. The second-order valence-corrected chi connectivity index (χ2v) is 4.83. The Hall–Kier alpha value is -0.530. The number of hydrogen-bond acceptors (Lipinski definition) is 2. The van der Waals surface area contributed by atoms with Gasteiger partial charge in [0.05, 0.1) is 6.04 Å². The smallest absolute Gasteiger partial charge is 0.0663 e. The number of terminal acetylenes is 1. The highest BCUT2D eigenvalue weighted by Gasteiger charge is 2.14. The van der Waals surface area contributed by atoms with Crippen LogP contribution in [0, 0.1) is 12.3 Å². The Kier molecular flexibility index (Phi) is 5.30. The Labute approximate surface area is 110 Å². The Morgan fingerprint density at radius 3 is 2.81 bits per heavy atom. The van der Waals surface area contributed by atoms with E-state index in [1.165, 1.54) is 0 Å². The summed E-state index contributed by atoms with van der Waals surface area (Å²) in [6.45, 7) is 2.36. The normalized spacial score (nSPS) is 14.2. The molecule has 0 aromatic heterocycles. The minimum atomic E-state index is -0.0340. The number of halogens is 2. The molecule has 86 valence electrons. The van der Waals surface area contributed by atoms with Crippen molar-refractivity contribution in [1.82, 2.24) is 5.32 Å². The average Bonchev–Trinajstić information content (AvgIpc) is 2.26. The van der Waals surface area contributed by atoms with Crippen LogP contribution in [-0.4, -0.2) is 12.6 Å². The number of hydrogen-bond donors (Lipinski definition) is 2. The highest BCUT2D eigenvalue weighted by Crippen LogP contribution is 2.26. The molecular weight excluding hydrogens is 288 g/mol. The molecule has 0 amide bonds. The molecule has 0 fully saturated rings. The summed E-state index contributed by atoms with van der Waals surface area (Å²) in [7, 11) is 0. The number of nitrogens with two attached hydrogens (primary N) is 1. The fourth-order valence-corrected chi connectivity index (χ4v) is 2.22. The van der Waals surface area contributed by atoms with Gasteiger partial charge < -0.3 is 5.73 Å². The molecular formula is C12H14BrClN2. The van der Waals surface area contributed by atoms with Gasteiger partial charge >= 0.3 is 0 Å². The molecule has 0 heterocycles. The summed E-state index contributed by atoms with van der Waals surface area (Å²) in [6.07, 6.45) is 5.32. The topological polar surface area (TPSA) is 38.0 Å². The monoisotopic (exact) mass is 300 g/mol. The van der Waals surface area contributed by atoms with E-state index in [2.05, 4.69) is 27.2 Å². The summed E-state index contributed by atoms with van der Waals surface area (Å²) < 4.78 is 0.946. The van der Waals surface area contributed by atoms with Crippen molar-refractivity contribution >= 4 is 27.5 Å². The van der Waals surface area contributed by atoms with Crippen LogP contribution in [0.3, 0.4) is 0 Å². The van der Waals surface area contributed by atoms with Gasteiger partial charge in [-0.15, -0.1) is 6.42 Å². The van der Waals surface area contributed by atoms with E-state index in [0.29, 0.717) is 11.6 Å². The summed E-state index contributed by atoms with van der Waals surface area (Å²) >= 11 is 9.52. The number of benzene rings is 1. The first kappa shape index (κ1) is 13.5. The van der Waals surface area contributed by atoms with Crippen molar-refractivity contribution in [3.63, 3.8) is 0 Å². The number of nitrogens with one attached hydrogen (secondary N) is 1. The summed E-state index contributed by atoms with van der Waals surface area (Å²) in [6, 6.07) is 5.67. The first-order valence-corrected chi connectivity index (χ1v) is 6.12. The van der Waals surface area contributed by atoms with Crippen molar-refractivity contribution in [2.24, 2.45) is 5.73 Å². The van der Waals surface area contributed by atoms with E-state index in [4.69, 9.17) is 23.8 Å². The summed E-state index contributed by atoms with van der Waals surface area (Å²) in [5.74, 6) is 2.61. The zero-order valence-corrected chi connectivity index (χ0v) is 11.3.